The fourth-order valence-corrected chi connectivity index (χ4v) is 1.82. The number of aromatic nitrogens is 1. The Morgan fingerprint density at radius 1 is 1.11 bits per heavy atom. The van der Waals surface area contributed by atoms with Gasteiger partial charge in [-0.05, 0) is 25.1 Å². The second-order valence-electron chi connectivity index (χ2n) is 4.25. The van der Waals surface area contributed by atoms with E-state index >= 15 is 0 Å². The molecule has 0 fully saturated rings. The van der Waals surface area contributed by atoms with Gasteiger partial charge in [0.1, 0.15) is 5.69 Å². The molecule has 0 atom stereocenters. The van der Waals surface area contributed by atoms with Gasteiger partial charge in [-0.3, -0.25) is 15.8 Å². The van der Waals surface area contributed by atoms with Crippen molar-refractivity contribution in [2.45, 2.75) is 6.92 Å². The molecule has 6 nitrogen and oxygen atoms in total. The maximum absolute atomic E-state index is 4.27. The summed E-state index contributed by atoms with van der Waals surface area (Å²) >= 11 is 0. The topological polar surface area (TPSA) is 73.7 Å². The van der Waals surface area contributed by atoms with E-state index in [9.17, 15) is 0 Å². The van der Waals surface area contributed by atoms with Crippen LogP contribution in [0, 0.1) is 0 Å². The summed E-state index contributed by atoms with van der Waals surface area (Å²) in [6.45, 7) is 2.86. The fraction of sp³-hybridized carbons (Fsp3) is 0.154. The highest BCUT2D eigenvalue weighted by atomic mass is 15.5. The van der Waals surface area contributed by atoms with Gasteiger partial charge in [-0.15, -0.1) is 0 Å². The monoisotopic (exact) mass is 254 g/mol. The summed E-state index contributed by atoms with van der Waals surface area (Å²) in [5.41, 5.74) is 8.73. The standard InChI is InChI=1S/C13H14N6/c1-9-5-7-15-11(8-9)13-18-16-12(17-19-13)10-4-2-3-6-14-10/h2-6,8,15H,7H2,1H3,(H,16,17)(H,18,19). The minimum absolute atomic E-state index is 0.605. The van der Waals surface area contributed by atoms with Crippen LogP contribution in [0.25, 0.3) is 0 Å². The molecule has 0 saturated carbocycles. The molecule has 0 bridgehead atoms. The van der Waals surface area contributed by atoms with Gasteiger partial charge in [0.05, 0.1) is 5.70 Å². The molecule has 1 aromatic heterocycles. The van der Waals surface area contributed by atoms with Gasteiger partial charge in [-0.1, -0.05) is 17.7 Å². The number of nitrogens with one attached hydrogen (secondary N) is 3. The van der Waals surface area contributed by atoms with Gasteiger partial charge in [0.15, 0.2) is 11.7 Å². The lowest BCUT2D eigenvalue weighted by atomic mass is 10.1. The Bertz CT molecular complexity index is 597. The number of amidine groups is 2. The Balaban J connectivity index is 1.75. The molecule has 0 amide bonds. The molecule has 0 unspecified atom stereocenters. The first-order valence-electron chi connectivity index (χ1n) is 6.04. The van der Waals surface area contributed by atoms with Crippen LogP contribution < -0.4 is 16.2 Å². The van der Waals surface area contributed by atoms with Crippen molar-refractivity contribution in [3.05, 3.63) is 53.5 Å². The van der Waals surface area contributed by atoms with Crippen LogP contribution in [0.2, 0.25) is 0 Å². The van der Waals surface area contributed by atoms with Crippen LogP contribution in [0.4, 0.5) is 0 Å². The largest absolute Gasteiger partial charge is 0.378 e. The van der Waals surface area contributed by atoms with Gasteiger partial charge in [0.2, 0.25) is 0 Å². The molecule has 0 aliphatic carbocycles. The van der Waals surface area contributed by atoms with E-state index < -0.39 is 0 Å². The minimum Gasteiger partial charge on any atom is -0.378 e. The van der Waals surface area contributed by atoms with E-state index in [-0.39, 0.29) is 0 Å². The summed E-state index contributed by atoms with van der Waals surface area (Å²) < 4.78 is 0. The first-order chi connectivity index (χ1) is 9.33. The number of hydrogen-bond acceptors (Lipinski definition) is 6. The maximum Gasteiger partial charge on any atom is 0.192 e. The van der Waals surface area contributed by atoms with Crippen molar-refractivity contribution < 1.29 is 0 Å². The molecule has 2 aliphatic heterocycles. The van der Waals surface area contributed by atoms with Crippen LogP contribution in [0.3, 0.4) is 0 Å². The Morgan fingerprint density at radius 2 is 1.95 bits per heavy atom. The van der Waals surface area contributed by atoms with Gasteiger partial charge in [0.25, 0.3) is 0 Å². The van der Waals surface area contributed by atoms with Crippen LogP contribution in [-0.2, 0) is 0 Å². The summed E-state index contributed by atoms with van der Waals surface area (Å²) in [6.07, 6.45) is 5.86. The predicted molar refractivity (Wildman–Crippen MR) is 74.3 cm³/mol. The first kappa shape index (κ1) is 11.5. The second kappa shape index (κ2) is 4.93. The van der Waals surface area contributed by atoms with Crippen molar-refractivity contribution in [1.82, 2.24) is 21.2 Å². The lowest BCUT2D eigenvalue weighted by Crippen LogP contribution is -2.39. The normalized spacial score (nSPS) is 17.9. The highest BCUT2D eigenvalue weighted by Crippen LogP contribution is 2.07. The third kappa shape index (κ3) is 2.47. The minimum atomic E-state index is 0.605. The number of hydrazone groups is 2. The fourth-order valence-electron chi connectivity index (χ4n) is 1.82. The number of allylic oxidation sites excluding steroid dienone is 2. The molecule has 0 aromatic carbocycles. The Morgan fingerprint density at radius 3 is 2.63 bits per heavy atom. The third-order valence-corrected chi connectivity index (χ3v) is 2.80. The van der Waals surface area contributed by atoms with Crippen molar-refractivity contribution >= 4 is 11.7 Å². The van der Waals surface area contributed by atoms with E-state index in [1.165, 1.54) is 5.57 Å². The maximum atomic E-state index is 4.27. The van der Waals surface area contributed by atoms with E-state index in [4.69, 9.17) is 0 Å². The van der Waals surface area contributed by atoms with Crippen LogP contribution >= 0.6 is 0 Å². The molecule has 6 heteroatoms. The molecular formula is C13H14N6. The van der Waals surface area contributed by atoms with E-state index in [1.807, 2.05) is 24.3 Å². The molecule has 0 radical (unpaired) electrons. The zero-order chi connectivity index (χ0) is 13.1. The zero-order valence-electron chi connectivity index (χ0n) is 10.5. The molecule has 2 aliphatic rings. The quantitative estimate of drug-likeness (QED) is 0.725. The summed E-state index contributed by atoms with van der Waals surface area (Å²) in [6, 6.07) is 5.64. The lowest BCUT2D eigenvalue weighted by Gasteiger charge is -2.19. The van der Waals surface area contributed by atoms with Gasteiger partial charge in [-0.2, -0.15) is 10.2 Å². The number of dihydropyridines is 1. The van der Waals surface area contributed by atoms with E-state index in [0.29, 0.717) is 11.7 Å². The van der Waals surface area contributed by atoms with E-state index in [0.717, 1.165) is 17.9 Å². The van der Waals surface area contributed by atoms with Gasteiger partial charge in [-0.25, -0.2) is 0 Å². The van der Waals surface area contributed by atoms with E-state index in [1.54, 1.807) is 6.20 Å². The van der Waals surface area contributed by atoms with Crippen molar-refractivity contribution in [2.24, 2.45) is 10.2 Å². The van der Waals surface area contributed by atoms with Gasteiger partial charge in [0, 0.05) is 12.7 Å². The molecule has 19 heavy (non-hydrogen) atoms. The predicted octanol–water partition coefficient (Wildman–Crippen LogP) is 0.683. The van der Waals surface area contributed by atoms with Gasteiger partial charge >= 0.3 is 0 Å². The molecule has 0 saturated heterocycles. The molecule has 1 aromatic rings. The molecule has 96 valence electrons. The number of nitrogens with zero attached hydrogens (tertiary/aromatic N) is 3. The summed E-state index contributed by atoms with van der Waals surface area (Å²) in [7, 11) is 0. The van der Waals surface area contributed by atoms with Crippen molar-refractivity contribution in [3.8, 4) is 0 Å². The summed E-state index contributed by atoms with van der Waals surface area (Å²) in [4.78, 5) is 4.21. The third-order valence-electron chi connectivity index (χ3n) is 2.80. The summed E-state index contributed by atoms with van der Waals surface area (Å²) in [5.74, 6) is 1.28. The smallest absolute Gasteiger partial charge is 0.192 e. The van der Waals surface area contributed by atoms with Crippen LogP contribution in [0.15, 0.2) is 58.0 Å². The molecule has 3 N–H and O–H groups in total. The highest BCUT2D eigenvalue weighted by Gasteiger charge is 2.15. The molecule has 0 spiro atoms. The Hall–Kier alpha value is -2.63. The molecular weight excluding hydrogens is 240 g/mol. The molecule has 3 heterocycles. The van der Waals surface area contributed by atoms with E-state index in [2.05, 4.69) is 44.4 Å². The summed E-state index contributed by atoms with van der Waals surface area (Å²) in [5, 5.41) is 11.8. The van der Waals surface area contributed by atoms with Crippen LogP contribution in [0.5, 0.6) is 0 Å². The van der Waals surface area contributed by atoms with Crippen LogP contribution in [-0.4, -0.2) is 23.2 Å². The zero-order valence-corrected chi connectivity index (χ0v) is 10.5. The number of hydrogen-bond donors (Lipinski definition) is 3. The van der Waals surface area contributed by atoms with Crippen molar-refractivity contribution in [1.29, 1.82) is 0 Å². The Labute approximate surface area is 111 Å². The van der Waals surface area contributed by atoms with Gasteiger partial charge < -0.3 is 5.32 Å². The lowest BCUT2D eigenvalue weighted by molar-refractivity contribution is 0.837. The number of pyridine rings is 1. The van der Waals surface area contributed by atoms with Crippen molar-refractivity contribution in [2.75, 3.05) is 6.54 Å². The van der Waals surface area contributed by atoms with Crippen LogP contribution in [0.1, 0.15) is 12.6 Å². The molecule has 3 rings (SSSR count). The first-order valence-corrected chi connectivity index (χ1v) is 6.04. The highest BCUT2D eigenvalue weighted by molar-refractivity contribution is 6.04. The average Bonchev–Trinajstić information content (AvgIpc) is 2.48. The Kier molecular flexibility index (Phi) is 2.97. The van der Waals surface area contributed by atoms with Crippen molar-refractivity contribution in [3.63, 3.8) is 0 Å². The second-order valence-corrected chi connectivity index (χ2v) is 4.25. The SMILES string of the molecule is CC1=CCNC(C2=NNC(c3ccccn3)=NN2)=C1. The average molecular weight is 254 g/mol. The number of rotatable bonds is 2.